The Labute approximate surface area is 204 Å². The van der Waals surface area contributed by atoms with Crippen molar-refractivity contribution in [3.63, 3.8) is 0 Å². The van der Waals surface area contributed by atoms with E-state index in [0.29, 0.717) is 55.9 Å². The number of carbonyl (C=O) groups excluding carboxylic acids is 2. The second-order valence-corrected chi connectivity index (χ2v) is 10.3. The molecule has 5 rings (SSSR count). The molecular weight excluding hydrogens is 445 g/mol. The highest BCUT2D eigenvalue weighted by molar-refractivity contribution is 6.04. The van der Waals surface area contributed by atoms with E-state index in [1.165, 1.54) is 12.1 Å². The summed E-state index contributed by atoms with van der Waals surface area (Å²) in [5.41, 5.74) is -0.218. The molecule has 180 valence electrons. The van der Waals surface area contributed by atoms with E-state index >= 15 is 0 Å². The number of carbonyl (C=O) groups is 2. The molecule has 1 amide bonds. The molecule has 1 aliphatic carbocycles. The Morgan fingerprint density at radius 1 is 1.11 bits per heavy atom. The molecule has 3 heterocycles. The number of aromatic nitrogens is 1. The lowest BCUT2D eigenvalue weighted by Gasteiger charge is -2.40. The van der Waals surface area contributed by atoms with Gasteiger partial charge in [0.15, 0.2) is 5.78 Å². The van der Waals surface area contributed by atoms with Crippen LogP contribution in [0.4, 0.5) is 10.2 Å². The maximum Gasteiger partial charge on any atom is 0.264 e. The third-order valence-corrected chi connectivity index (χ3v) is 7.25. The second kappa shape index (κ2) is 8.49. The zero-order chi connectivity index (χ0) is 24.8. The van der Waals surface area contributed by atoms with E-state index in [1.54, 1.807) is 23.2 Å². The normalized spacial score (nSPS) is 25.7. The van der Waals surface area contributed by atoms with Crippen molar-refractivity contribution >= 4 is 17.5 Å². The highest BCUT2D eigenvalue weighted by Crippen LogP contribution is 2.50. The summed E-state index contributed by atoms with van der Waals surface area (Å²) in [4.78, 5) is 35.6. The number of hydrogen-bond acceptors (Lipinski definition) is 6. The number of allylic oxidation sites excluding steroid dienone is 1. The van der Waals surface area contributed by atoms with Crippen LogP contribution in [0.25, 0.3) is 0 Å². The minimum Gasteiger partial charge on any atom is -0.362 e. The first-order valence-corrected chi connectivity index (χ1v) is 11.9. The van der Waals surface area contributed by atoms with Crippen molar-refractivity contribution < 1.29 is 14.0 Å². The van der Waals surface area contributed by atoms with Crippen LogP contribution in [0.5, 0.6) is 0 Å². The predicted molar refractivity (Wildman–Crippen MR) is 129 cm³/mol. The fourth-order valence-electron chi connectivity index (χ4n) is 5.63. The minimum absolute atomic E-state index is 0.0667. The number of nitriles is 1. The van der Waals surface area contributed by atoms with Crippen molar-refractivity contribution in [3.8, 4) is 6.07 Å². The highest BCUT2D eigenvalue weighted by Gasteiger charge is 2.59. The van der Waals surface area contributed by atoms with Gasteiger partial charge in [0.05, 0.1) is 5.92 Å². The van der Waals surface area contributed by atoms with Gasteiger partial charge in [-0.3, -0.25) is 9.59 Å². The van der Waals surface area contributed by atoms with Crippen LogP contribution in [0, 0.1) is 22.6 Å². The molecule has 0 saturated carbocycles. The SMILES string of the molecule is CC1(C)CC(=O)C2=C(C1)NC(C#N)(C(=O)N1CCN(c3ccccn3)CC1)C2c1ccc(F)cc1. The Bertz CT molecular complexity index is 1230. The standard InChI is InChI=1S/C27H28FN5O2/c1-26(2)15-20-23(21(34)16-26)24(18-6-8-19(28)9-7-18)27(17-29,31-20)25(35)33-13-11-32(12-14-33)22-5-3-4-10-30-22/h3-10,24,31H,11-16H2,1-2H3. The number of ketones is 1. The third kappa shape index (κ3) is 3.95. The summed E-state index contributed by atoms with van der Waals surface area (Å²) in [5.74, 6) is -0.779. The molecule has 3 aliphatic rings. The van der Waals surface area contributed by atoms with E-state index in [-0.39, 0.29) is 17.1 Å². The molecule has 0 radical (unpaired) electrons. The van der Waals surface area contributed by atoms with Crippen molar-refractivity contribution in [2.24, 2.45) is 5.41 Å². The van der Waals surface area contributed by atoms with Crippen LogP contribution < -0.4 is 10.2 Å². The molecule has 1 fully saturated rings. The smallest absolute Gasteiger partial charge is 0.264 e. The minimum atomic E-state index is -1.66. The first-order valence-electron chi connectivity index (χ1n) is 11.9. The number of pyridine rings is 1. The number of halogens is 1. The quantitative estimate of drug-likeness (QED) is 0.737. The molecule has 7 nitrogen and oxygen atoms in total. The molecular formula is C27H28FN5O2. The molecule has 2 aromatic rings. The molecule has 2 unspecified atom stereocenters. The van der Waals surface area contributed by atoms with Gasteiger partial charge in [-0.15, -0.1) is 0 Å². The average molecular weight is 474 g/mol. The summed E-state index contributed by atoms with van der Waals surface area (Å²) in [7, 11) is 0. The molecule has 2 atom stereocenters. The number of anilines is 1. The van der Waals surface area contributed by atoms with Crippen LogP contribution in [-0.2, 0) is 9.59 Å². The van der Waals surface area contributed by atoms with Crippen molar-refractivity contribution in [3.05, 3.63) is 71.3 Å². The molecule has 1 saturated heterocycles. The van der Waals surface area contributed by atoms with E-state index in [0.717, 1.165) is 5.82 Å². The molecule has 8 heteroatoms. The molecule has 1 aromatic heterocycles. The number of rotatable bonds is 3. The summed E-state index contributed by atoms with van der Waals surface area (Å²) in [6.07, 6.45) is 2.64. The number of benzene rings is 1. The van der Waals surface area contributed by atoms with E-state index in [4.69, 9.17) is 0 Å². The van der Waals surface area contributed by atoms with E-state index < -0.39 is 17.3 Å². The summed E-state index contributed by atoms with van der Waals surface area (Å²) in [6.45, 7) is 6.05. The van der Waals surface area contributed by atoms with Gasteiger partial charge in [0.2, 0.25) is 5.54 Å². The lowest BCUT2D eigenvalue weighted by Crippen LogP contribution is -2.61. The van der Waals surface area contributed by atoms with Crippen molar-refractivity contribution in [1.82, 2.24) is 15.2 Å². The summed E-state index contributed by atoms with van der Waals surface area (Å²) < 4.78 is 13.7. The molecule has 0 bridgehead atoms. The second-order valence-electron chi connectivity index (χ2n) is 10.3. The van der Waals surface area contributed by atoms with E-state index in [9.17, 15) is 19.2 Å². The molecule has 1 aromatic carbocycles. The van der Waals surface area contributed by atoms with Gasteiger partial charge in [0.25, 0.3) is 5.91 Å². The Balaban J connectivity index is 1.48. The fraction of sp³-hybridized carbons (Fsp3) is 0.407. The molecule has 35 heavy (non-hydrogen) atoms. The Hall–Kier alpha value is -3.73. The van der Waals surface area contributed by atoms with E-state index in [1.807, 2.05) is 32.0 Å². The first-order chi connectivity index (χ1) is 16.7. The summed E-state index contributed by atoms with van der Waals surface area (Å²) in [5, 5.41) is 13.7. The predicted octanol–water partition coefficient (Wildman–Crippen LogP) is 3.16. The van der Waals surface area contributed by atoms with Crippen LogP contribution in [0.2, 0.25) is 0 Å². The lowest BCUT2D eigenvalue weighted by molar-refractivity contribution is -0.136. The van der Waals surface area contributed by atoms with Gasteiger partial charge in [-0.05, 0) is 41.7 Å². The van der Waals surface area contributed by atoms with Crippen LogP contribution in [-0.4, -0.2) is 53.3 Å². The number of piperazine rings is 1. The maximum atomic E-state index is 14.1. The molecule has 1 N–H and O–H groups in total. The van der Waals surface area contributed by atoms with Crippen molar-refractivity contribution in [2.45, 2.75) is 38.1 Å². The van der Waals surface area contributed by atoms with Gasteiger partial charge in [0.1, 0.15) is 17.7 Å². The number of nitrogens with one attached hydrogen (secondary N) is 1. The van der Waals surface area contributed by atoms with Gasteiger partial charge in [-0.1, -0.05) is 32.0 Å². The van der Waals surface area contributed by atoms with Gasteiger partial charge < -0.3 is 15.1 Å². The zero-order valence-electron chi connectivity index (χ0n) is 19.9. The maximum absolute atomic E-state index is 14.1. The molecule has 0 spiro atoms. The number of nitrogens with zero attached hydrogens (tertiary/aromatic N) is 4. The number of Topliss-reactive ketones (excluding diaryl/α,β-unsaturated/α-hetero) is 1. The van der Waals surface area contributed by atoms with Gasteiger partial charge >= 0.3 is 0 Å². The largest absolute Gasteiger partial charge is 0.362 e. The van der Waals surface area contributed by atoms with Gasteiger partial charge in [0, 0.05) is 50.1 Å². The topological polar surface area (TPSA) is 89.3 Å². The van der Waals surface area contributed by atoms with Crippen LogP contribution in [0.1, 0.15) is 38.2 Å². The number of amides is 1. The van der Waals surface area contributed by atoms with Crippen LogP contribution >= 0.6 is 0 Å². The summed E-state index contributed by atoms with van der Waals surface area (Å²) in [6, 6.07) is 13.8. The summed E-state index contributed by atoms with van der Waals surface area (Å²) >= 11 is 0. The average Bonchev–Trinajstić information content (AvgIpc) is 3.19. The van der Waals surface area contributed by atoms with Crippen molar-refractivity contribution in [1.29, 1.82) is 5.26 Å². The lowest BCUT2D eigenvalue weighted by atomic mass is 9.70. The monoisotopic (exact) mass is 473 g/mol. The fourth-order valence-corrected chi connectivity index (χ4v) is 5.63. The van der Waals surface area contributed by atoms with Gasteiger partial charge in [-0.25, -0.2) is 9.37 Å². The molecule has 2 aliphatic heterocycles. The van der Waals surface area contributed by atoms with Gasteiger partial charge in [-0.2, -0.15) is 5.26 Å². The number of hydrogen-bond donors (Lipinski definition) is 1. The van der Waals surface area contributed by atoms with Crippen molar-refractivity contribution in [2.75, 3.05) is 31.1 Å². The zero-order valence-corrected chi connectivity index (χ0v) is 19.9. The Morgan fingerprint density at radius 2 is 1.83 bits per heavy atom. The van der Waals surface area contributed by atoms with E-state index in [2.05, 4.69) is 21.3 Å². The third-order valence-electron chi connectivity index (χ3n) is 7.25. The van der Waals surface area contributed by atoms with Crippen LogP contribution in [0.15, 0.2) is 59.9 Å². The Morgan fingerprint density at radius 3 is 2.46 bits per heavy atom. The first kappa shape index (κ1) is 23.0. The van der Waals surface area contributed by atoms with Crippen LogP contribution in [0.3, 0.4) is 0 Å². The Kier molecular flexibility index (Phi) is 5.59. The highest BCUT2D eigenvalue weighted by atomic mass is 19.1.